The zero-order chi connectivity index (χ0) is 19.0. The number of pyridine rings is 1. The Bertz CT molecular complexity index is 998. The van der Waals surface area contributed by atoms with Crippen LogP contribution >= 0.6 is 34.5 Å². The van der Waals surface area contributed by atoms with Crippen LogP contribution in [0, 0.1) is 0 Å². The molecule has 0 radical (unpaired) electrons. The summed E-state index contributed by atoms with van der Waals surface area (Å²) in [6, 6.07) is 8.70. The Balaban J connectivity index is 1.57. The second kappa shape index (κ2) is 7.52. The minimum atomic E-state index is -0.250. The topological polar surface area (TPSA) is 93.8 Å². The van der Waals surface area contributed by atoms with E-state index in [1.807, 2.05) is 0 Å². The molecule has 0 bridgehead atoms. The van der Waals surface area contributed by atoms with Crippen LogP contribution in [-0.2, 0) is 6.54 Å². The number of nitrogens with two attached hydrogens (primary N) is 1. The lowest BCUT2D eigenvalue weighted by Crippen LogP contribution is -2.16. The van der Waals surface area contributed by atoms with E-state index in [0.29, 0.717) is 38.2 Å². The number of benzene rings is 1. The van der Waals surface area contributed by atoms with Gasteiger partial charge in [0.25, 0.3) is 5.91 Å². The van der Waals surface area contributed by atoms with Crippen LogP contribution < -0.4 is 11.1 Å². The van der Waals surface area contributed by atoms with Crippen LogP contribution in [0.25, 0.3) is 10.6 Å². The zero-order valence-electron chi connectivity index (χ0n) is 14.1. The highest BCUT2D eigenvalue weighted by atomic mass is 35.5. The number of halogens is 2. The Labute approximate surface area is 169 Å². The van der Waals surface area contributed by atoms with Gasteiger partial charge in [0.05, 0.1) is 17.0 Å². The van der Waals surface area contributed by atoms with Gasteiger partial charge in [-0.3, -0.25) is 15.1 Å². The average molecular weight is 420 g/mol. The first-order chi connectivity index (χ1) is 13.0. The number of nitrogens with zero attached hydrogens (tertiary/aromatic N) is 3. The van der Waals surface area contributed by atoms with Crippen molar-refractivity contribution < 1.29 is 4.79 Å². The number of carbonyl (C=O) groups is 1. The number of hydrogen-bond acceptors (Lipinski definition) is 6. The van der Waals surface area contributed by atoms with Gasteiger partial charge in [0, 0.05) is 28.1 Å². The van der Waals surface area contributed by atoms with Gasteiger partial charge < -0.3 is 5.73 Å². The largest absolute Gasteiger partial charge is 0.325 e. The molecule has 1 aliphatic carbocycles. The van der Waals surface area contributed by atoms with Gasteiger partial charge in [-0.25, -0.2) is 0 Å². The van der Waals surface area contributed by atoms with Crippen molar-refractivity contribution in [2.24, 2.45) is 5.73 Å². The number of anilines is 1. The summed E-state index contributed by atoms with van der Waals surface area (Å²) in [5.41, 5.74) is 8.56. The molecule has 0 saturated heterocycles. The molecule has 3 N–H and O–H groups in total. The van der Waals surface area contributed by atoms with E-state index < -0.39 is 0 Å². The maximum absolute atomic E-state index is 12.7. The van der Waals surface area contributed by atoms with E-state index in [-0.39, 0.29) is 5.91 Å². The highest BCUT2D eigenvalue weighted by Crippen LogP contribution is 2.41. The highest BCUT2D eigenvalue weighted by Gasteiger charge is 2.30. The molecule has 3 aromatic rings. The Kier molecular flexibility index (Phi) is 5.10. The fraction of sp³-hybridized carbons (Fsp3) is 0.222. The normalized spacial score (nSPS) is 13.6. The third-order valence-electron chi connectivity index (χ3n) is 4.16. The van der Waals surface area contributed by atoms with Crippen LogP contribution in [0.4, 0.5) is 5.13 Å². The molecule has 1 fully saturated rings. The van der Waals surface area contributed by atoms with Crippen molar-refractivity contribution in [3.8, 4) is 10.6 Å². The predicted molar refractivity (Wildman–Crippen MR) is 107 cm³/mol. The molecule has 1 saturated carbocycles. The molecule has 27 heavy (non-hydrogen) atoms. The second-order valence-corrected chi connectivity index (χ2v) is 8.09. The first kappa shape index (κ1) is 18.3. The van der Waals surface area contributed by atoms with E-state index in [9.17, 15) is 4.79 Å². The van der Waals surface area contributed by atoms with E-state index in [2.05, 4.69) is 20.5 Å². The summed E-state index contributed by atoms with van der Waals surface area (Å²) in [6.07, 6.45) is 2.08. The fourth-order valence-electron chi connectivity index (χ4n) is 2.72. The molecule has 0 unspecified atom stereocenters. The quantitative estimate of drug-likeness (QED) is 0.634. The molecule has 1 aromatic carbocycles. The smallest absolute Gasteiger partial charge is 0.259 e. The van der Waals surface area contributed by atoms with Gasteiger partial charge in [-0.2, -0.15) is 0 Å². The summed E-state index contributed by atoms with van der Waals surface area (Å²) >= 11 is 13.3. The van der Waals surface area contributed by atoms with Gasteiger partial charge in [0.15, 0.2) is 0 Å². The number of rotatable bonds is 5. The summed E-state index contributed by atoms with van der Waals surface area (Å²) in [5, 5.41) is 13.0. The second-order valence-electron chi connectivity index (χ2n) is 6.24. The molecule has 0 aliphatic heterocycles. The number of aromatic nitrogens is 3. The van der Waals surface area contributed by atoms with Crippen molar-refractivity contribution in [1.29, 1.82) is 0 Å². The predicted octanol–water partition coefficient (Wildman–Crippen LogP) is 4.50. The van der Waals surface area contributed by atoms with Crippen molar-refractivity contribution in [2.45, 2.75) is 25.3 Å². The lowest BCUT2D eigenvalue weighted by atomic mass is 10.1. The summed E-state index contributed by atoms with van der Waals surface area (Å²) in [7, 11) is 0. The number of carbonyl (C=O) groups excluding carboxylic acids is 1. The highest BCUT2D eigenvalue weighted by molar-refractivity contribution is 7.18. The summed E-state index contributed by atoms with van der Waals surface area (Å²) in [6.45, 7) is 0.351. The summed E-state index contributed by atoms with van der Waals surface area (Å²) in [4.78, 5) is 17.3. The molecule has 1 amide bonds. The molecule has 9 heteroatoms. The minimum Gasteiger partial charge on any atom is -0.325 e. The molecule has 138 valence electrons. The molecule has 2 heterocycles. The Morgan fingerprint density at radius 3 is 2.59 bits per heavy atom. The van der Waals surface area contributed by atoms with Crippen molar-refractivity contribution in [1.82, 2.24) is 15.2 Å². The van der Waals surface area contributed by atoms with Crippen LogP contribution in [0.3, 0.4) is 0 Å². The van der Waals surface area contributed by atoms with Crippen LogP contribution in [0.1, 0.15) is 40.5 Å². The molecule has 2 aromatic heterocycles. The number of hydrogen-bond donors (Lipinski definition) is 2. The van der Waals surface area contributed by atoms with E-state index in [1.54, 1.807) is 30.3 Å². The lowest BCUT2D eigenvalue weighted by Gasteiger charge is -2.08. The molecule has 0 spiro atoms. The third-order valence-corrected chi connectivity index (χ3v) is 5.48. The van der Waals surface area contributed by atoms with E-state index in [0.717, 1.165) is 29.8 Å². The van der Waals surface area contributed by atoms with Crippen LogP contribution in [0.15, 0.2) is 30.3 Å². The van der Waals surface area contributed by atoms with Gasteiger partial charge in [-0.1, -0.05) is 34.5 Å². The first-order valence-corrected chi connectivity index (χ1v) is 9.92. The lowest BCUT2D eigenvalue weighted by molar-refractivity contribution is 0.102. The maximum atomic E-state index is 12.7. The third kappa shape index (κ3) is 4.11. The monoisotopic (exact) mass is 419 g/mol. The number of nitrogens with one attached hydrogen (secondary N) is 1. The fourth-order valence-corrected chi connectivity index (χ4v) is 3.97. The van der Waals surface area contributed by atoms with Crippen LogP contribution in [0.5, 0.6) is 0 Å². The minimum absolute atomic E-state index is 0.250. The maximum Gasteiger partial charge on any atom is 0.259 e. The average Bonchev–Trinajstić information content (AvgIpc) is 3.39. The molecule has 4 rings (SSSR count). The molecule has 0 atom stereocenters. The van der Waals surface area contributed by atoms with Crippen LogP contribution in [-0.4, -0.2) is 21.1 Å². The van der Waals surface area contributed by atoms with Crippen molar-refractivity contribution in [3.05, 3.63) is 57.3 Å². The number of amides is 1. The Hall–Kier alpha value is -2.06. The van der Waals surface area contributed by atoms with Crippen LogP contribution in [0.2, 0.25) is 10.0 Å². The van der Waals surface area contributed by atoms with E-state index >= 15 is 0 Å². The Morgan fingerprint density at radius 2 is 1.93 bits per heavy atom. The molecular formula is C18H15Cl2N5OS. The Morgan fingerprint density at radius 1 is 1.19 bits per heavy atom. The molecule has 6 nitrogen and oxygen atoms in total. The van der Waals surface area contributed by atoms with Crippen molar-refractivity contribution in [3.63, 3.8) is 0 Å². The van der Waals surface area contributed by atoms with Crippen molar-refractivity contribution >= 4 is 45.6 Å². The SMILES string of the molecule is NCc1ccc(C(=O)Nc2nnc(-c3cc(Cl)cc(Cl)c3)s2)c(C2CC2)n1. The van der Waals surface area contributed by atoms with Gasteiger partial charge in [-0.15, -0.1) is 10.2 Å². The van der Waals surface area contributed by atoms with Gasteiger partial charge in [-0.05, 0) is 43.2 Å². The van der Waals surface area contributed by atoms with Gasteiger partial charge in [0.2, 0.25) is 5.13 Å². The van der Waals surface area contributed by atoms with Gasteiger partial charge in [0.1, 0.15) is 5.01 Å². The standard InChI is InChI=1S/C18H15Cl2N5OS/c19-11-5-10(6-12(20)7-11)17-24-25-18(27-17)23-16(26)14-4-3-13(8-21)22-15(14)9-1-2-9/h3-7,9H,1-2,8,21H2,(H,23,25,26). The molecule has 1 aliphatic rings. The van der Waals surface area contributed by atoms with Crippen molar-refractivity contribution in [2.75, 3.05) is 5.32 Å². The van der Waals surface area contributed by atoms with E-state index in [1.165, 1.54) is 11.3 Å². The summed E-state index contributed by atoms with van der Waals surface area (Å²) in [5.74, 6) is 0.0793. The zero-order valence-corrected chi connectivity index (χ0v) is 16.4. The van der Waals surface area contributed by atoms with E-state index in [4.69, 9.17) is 28.9 Å². The van der Waals surface area contributed by atoms with Gasteiger partial charge >= 0.3 is 0 Å². The molecular weight excluding hydrogens is 405 g/mol. The summed E-state index contributed by atoms with van der Waals surface area (Å²) < 4.78 is 0. The first-order valence-electron chi connectivity index (χ1n) is 8.34.